The standard InChI is InChI=1S/C11H14Br2N4O/c12-7-3-8(13)9(16-4-7)6-17-2-1-15-5-10(17)11(14)18/h3-4,10,15H,1-2,5-6H2,(H2,14,18). The highest BCUT2D eigenvalue weighted by atomic mass is 79.9. The van der Waals surface area contributed by atoms with Gasteiger partial charge in [0.25, 0.3) is 0 Å². The van der Waals surface area contributed by atoms with Crippen LogP contribution in [0.2, 0.25) is 0 Å². The molecule has 1 unspecified atom stereocenters. The van der Waals surface area contributed by atoms with Crippen molar-refractivity contribution in [3.8, 4) is 0 Å². The van der Waals surface area contributed by atoms with Crippen LogP contribution in [0.4, 0.5) is 0 Å². The summed E-state index contributed by atoms with van der Waals surface area (Å²) in [6.07, 6.45) is 1.75. The number of rotatable bonds is 3. The Bertz CT molecular complexity index is 455. The zero-order valence-corrected chi connectivity index (χ0v) is 12.9. The number of halogens is 2. The van der Waals surface area contributed by atoms with Crippen LogP contribution in [0.15, 0.2) is 21.2 Å². The van der Waals surface area contributed by atoms with E-state index in [-0.39, 0.29) is 11.9 Å². The topological polar surface area (TPSA) is 71.2 Å². The van der Waals surface area contributed by atoms with Crippen molar-refractivity contribution in [1.82, 2.24) is 15.2 Å². The van der Waals surface area contributed by atoms with Crippen molar-refractivity contribution in [2.45, 2.75) is 12.6 Å². The first-order valence-corrected chi connectivity index (χ1v) is 7.20. The largest absolute Gasteiger partial charge is 0.368 e. The molecule has 1 aliphatic rings. The maximum Gasteiger partial charge on any atom is 0.236 e. The number of hydrogen-bond acceptors (Lipinski definition) is 4. The van der Waals surface area contributed by atoms with Crippen molar-refractivity contribution in [2.75, 3.05) is 19.6 Å². The Morgan fingerprint density at radius 2 is 2.39 bits per heavy atom. The number of piperazine rings is 1. The minimum Gasteiger partial charge on any atom is -0.368 e. The summed E-state index contributed by atoms with van der Waals surface area (Å²) < 4.78 is 1.85. The van der Waals surface area contributed by atoms with E-state index in [1.54, 1.807) is 6.20 Å². The number of amides is 1. The average molecular weight is 378 g/mol. The van der Waals surface area contributed by atoms with Crippen LogP contribution in [0.25, 0.3) is 0 Å². The number of hydrogen-bond donors (Lipinski definition) is 2. The molecule has 0 aliphatic carbocycles. The first-order valence-electron chi connectivity index (χ1n) is 5.62. The minimum absolute atomic E-state index is 0.268. The fourth-order valence-corrected chi connectivity index (χ4v) is 3.08. The lowest BCUT2D eigenvalue weighted by Crippen LogP contribution is -2.56. The van der Waals surface area contributed by atoms with Crippen LogP contribution in [-0.2, 0) is 11.3 Å². The van der Waals surface area contributed by atoms with Gasteiger partial charge in [0.1, 0.15) is 6.04 Å². The lowest BCUT2D eigenvalue weighted by molar-refractivity contribution is -0.124. The molecule has 1 amide bonds. The molecule has 1 saturated heterocycles. The zero-order valence-electron chi connectivity index (χ0n) is 9.70. The van der Waals surface area contributed by atoms with E-state index in [1.807, 2.05) is 6.07 Å². The van der Waals surface area contributed by atoms with Gasteiger partial charge >= 0.3 is 0 Å². The number of pyridine rings is 1. The molecule has 3 N–H and O–H groups in total. The molecule has 1 aromatic rings. The molecule has 0 bridgehead atoms. The van der Waals surface area contributed by atoms with E-state index in [9.17, 15) is 4.79 Å². The summed E-state index contributed by atoms with van der Waals surface area (Å²) in [6, 6.07) is 1.68. The smallest absolute Gasteiger partial charge is 0.236 e. The molecule has 0 aromatic carbocycles. The maximum atomic E-state index is 11.4. The SMILES string of the molecule is NC(=O)C1CNCCN1Cc1ncc(Br)cc1Br. The highest BCUT2D eigenvalue weighted by Gasteiger charge is 2.27. The van der Waals surface area contributed by atoms with E-state index in [0.717, 1.165) is 27.7 Å². The van der Waals surface area contributed by atoms with Gasteiger partial charge in [0.2, 0.25) is 5.91 Å². The van der Waals surface area contributed by atoms with E-state index in [2.05, 4.69) is 47.1 Å². The average Bonchev–Trinajstić information content (AvgIpc) is 2.33. The van der Waals surface area contributed by atoms with E-state index in [4.69, 9.17) is 5.73 Å². The molecule has 5 nitrogen and oxygen atoms in total. The molecule has 0 radical (unpaired) electrons. The van der Waals surface area contributed by atoms with Crippen LogP contribution < -0.4 is 11.1 Å². The Morgan fingerprint density at radius 3 is 3.06 bits per heavy atom. The van der Waals surface area contributed by atoms with Gasteiger partial charge in [-0.2, -0.15) is 0 Å². The molecular weight excluding hydrogens is 364 g/mol. The number of nitrogens with two attached hydrogens (primary N) is 1. The van der Waals surface area contributed by atoms with Crippen molar-refractivity contribution in [1.29, 1.82) is 0 Å². The number of aromatic nitrogens is 1. The fourth-order valence-electron chi connectivity index (χ4n) is 1.97. The Morgan fingerprint density at radius 1 is 1.61 bits per heavy atom. The molecule has 1 aromatic heterocycles. The molecule has 2 rings (SSSR count). The molecule has 1 fully saturated rings. The first kappa shape index (κ1) is 13.9. The van der Waals surface area contributed by atoms with Gasteiger partial charge in [-0.25, -0.2) is 0 Å². The summed E-state index contributed by atoms with van der Waals surface area (Å²) in [6.45, 7) is 2.86. The Balaban J connectivity index is 2.13. The van der Waals surface area contributed by atoms with Gasteiger partial charge in [0.15, 0.2) is 0 Å². The van der Waals surface area contributed by atoms with E-state index in [1.165, 1.54) is 0 Å². The van der Waals surface area contributed by atoms with Crippen molar-refractivity contribution in [3.63, 3.8) is 0 Å². The van der Waals surface area contributed by atoms with E-state index in [0.29, 0.717) is 13.1 Å². The highest BCUT2D eigenvalue weighted by Crippen LogP contribution is 2.21. The van der Waals surface area contributed by atoms with Gasteiger partial charge in [0, 0.05) is 41.3 Å². The van der Waals surface area contributed by atoms with Gasteiger partial charge < -0.3 is 11.1 Å². The van der Waals surface area contributed by atoms with Crippen LogP contribution in [0.1, 0.15) is 5.69 Å². The molecule has 0 saturated carbocycles. The summed E-state index contributed by atoms with van der Waals surface area (Å²) >= 11 is 6.85. The minimum atomic E-state index is -0.296. The van der Waals surface area contributed by atoms with E-state index < -0.39 is 0 Å². The van der Waals surface area contributed by atoms with Gasteiger partial charge in [0.05, 0.1) is 5.69 Å². The molecule has 0 spiro atoms. The molecular formula is C11H14Br2N4O. The third-order valence-corrected chi connectivity index (χ3v) is 4.04. The third kappa shape index (κ3) is 3.28. The predicted molar refractivity (Wildman–Crippen MR) is 75.9 cm³/mol. The van der Waals surface area contributed by atoms with Crippen molar-refractivity contribution in [3.05, 3.63) is 26.9 Å². The molecule has 7 heteroatoms. The van der Waals surface area contributed by atoms with E-state index >= 15 is 0 Å². The lowest BCUT2D eigenvalue weighted by atomic mass is 10.1. The zero-order chi connectivity index (χ0) is 13.1. The van der Waals surface area contributed by atoms with Gasteiger partial charge in [-0.05, 0) is 37.9 Å². The van der Waals surface area contributed by atoms with Crippen LogP contribution in [0.5, 0.6) is 0 Å². The number of carbonyl (C=O) groups is 1. The predicted octanol–water partition coefficient (Wildman–Crippen LogP) is 0.866. The van der Waals surface area contributed by atoms with Gasteiger partial charge in [-0.1, -0.05) is 0 Å². The van der Waals surface area contributed by atoms with Crippen molar-refractivity contribution < 1.29 is 4.79 Å². The van der Waals surface area contributed by atoms with Crippen LogP contribution in [0.3, 0.4) is 0 Å². The quantitative estimate of drug-likeness (QED) is 0.819. The second kappa shape index (κ2) is 6.10. The second-order valence-electron chi connectivity index (χ2n) is 4.17. The molecule has 98 valence electrons. The summed E-state index contributed by atoms with van der Waals surface area (Å²) in [5, 5.41) is 3.17. The summed E-state index contributed by atoms with van der Waals surface area (Å²) in [7, 11) is 0. The Hall–Kier alpha value is -0.500. The summed E-state index contributed by atoms with van der Waals surface area (Å²) in [5.41, 5.74) is 6.32. The molecule has 1 aliphatic heterocycles. The number of carbonyl (C=O) groups excluding carboxylic acids is 1. The van der Waals surface area contributed by atoms with Crippen molar-refractivity contribution >= 4 is 37.8 Å². The molecule has 2 heterocycles. The number of primary amides is 1. The number of nitrogens with zero attached hydrogens (tertiary/aromatic N) is 2. The van der Waals surface area contributed by atoms with Gasteiger partial charge in [-0.15, -0.1) is 0 Å². The second-order valence-corrected chi connectivity index (χ2v) is 5.94. The van der Waals surface area contributed by atoms with Crippen LogP contribution in [0, 0.1) is 0 Å². The third-order valence-electron chi connectivity index (χ3n) is 2.92. The monoisotopic (exact) mass is 376 g/mol. The first-order chi connectivity index (χ1) is 8.58. The number of nitrogens with one attached hydrogen (secondary N) is 1. The Kier molecular flexibility index (Phi) is 4.71. The Labute approximate surface area is 122 Å². The fraction of sp³-hybridized carbons (Fsp3) is 0.455. The maximum absolute atomic E-state index is 11.4. The molecule has 1 atom stereocenters. The molecule has 18 heavy (non-hydrogen) atoms. The highest BCUT2D eigenvalue weighted by molar-refractivity contribution is 9.11. The lowest BCUT2D eigenvalue weighted by Gasteiger charge is -2.33. The van der Waals surface area contributed by atoms with Crippen molar-refractivity contribution in [2.24, 2.45) is 5.73 Å². The summed E-state index contributed by atoms with van der Waals surface area (Å²) in [4.78, 5) is 17.8. The van der Waals surface area contributed by atoms with Crippen LogP contribution >= 0.6 is 31.9 Å². The van der Waals surface area contributed by atoms with Crippen LogP contribution in [-0.4, -0.2) is 41.5 Å². The van der Waals surface area contributed by atoms with Gasteiger partial charge in [-0.3, -0.25) is 14.7 Å². The normalized spacial score (nSPS) is 20.9. The summed E-state index contributed by atoms with van der Waals surface area (Å²) in [5.74, 6) is -0.296.